The third-order valence-corrected chi connectivity index (χ3v) is 5.14. The van der Waals surface area contributed by atoms with Crippen molar-refractivity contribution in [3.05, 3.63) is 59.8 Å². The van der Waals surface area contributed by atoms with E-state index in [9.17, 15) is 18.0 Å². The minimum atomic E-state index is -4.02. The van der Waals surface area contributed by atoms with Crippen LogP contribution in [0.2, 0.25) is 0 Å². The fourth-order valence-corrected chi connectivity index (χ4v) is 3.34. The number of hydrogen-bond acceptors (Lipinski definition) is 6. The molecule has 2 aromatic carbocycles. The Labute approximate surface area is 161 Å². The molecule has 9 heteroatoms. The van der Waals surface area contributed by atoms with Crippen molar-refractivity contribution in [2.24, 2.45) is 5.14 Å². The summed E-state index contributed by atoms with van der Waals surface area (Å²) in [5.41, 5.74) is 1.03. The van der Waals surface area contributed by atoms with Crippen LogP contribution in [0.5, 0.6) is 5.75 Å². The number of primary sulfonamides is 1. The molecule has 1 heterocycles. The Balaban J connectivity index is 1.87. The Kier molecular flexibility index (Phi) is 5.21. The molecule has 0 unspecified atom stereocenters. The summed E-state index contributed by atoms with van der Waals surface area (Å²) in [5.74, 6) is -1.19. The number of carbonyl (C=O) groups excluding carboxylic acids is 2. The van der Waals surface area contributed by atoms with E-state index in [1.807, 2.05) is 12.1 Å². The number of Topliss-reactive ketones (excluding diaryl/α,β-unsaturated/α-hetero) is 1. The van der Waals surface area contributed by atoms with Gasteiger partial charge in [-0.25, -0.2) is 18.4 Å². The minimum Gasteiger partial charge on any atom is -0.496 e. The number of fused-ring (bicyclic) bond motifs is 1. The third kappa shape index (κ3) is 3.75. The Morgan fingerprint density at radius 1 is 1.11 bits per heavy atom. The lowest BCUT2D eigenvalue weighted by atomic mass is 10.1. The van der Waals surface area contributed by atoms with Crippen molar-refractivity contribution >= 4 is 32.7 Å². The molecule has 0 bridgehead atoms. The van der Waals surface area contributed by atoms with Crippen LogP contribution in [0.1, 0.15) is 27.6 Å². The van der Waals surface area contributed by atoms with Gasteiger partial charge in [-0.3, -0.25) is 4.79 Å². The van der Waals surface area contributed by atoms with Crippen molar-refractivity contribution in [3.63, 3.8) is 0 Å². The molecule has 0 saturated carbocycles. The average Bonchev–Trinajstić information content (AvgIpc) is 3.10. The Morgan fingerprint density at radius 2 is 1.82 bits per heavy atom. The van der Waals surface area contributed by atoms with Crippen LogP contribution in [0.15, 0.2) is 53.6 Å². The van der Waals surface area contributed by atoms with Gasteiger partial charge in [-0.15, -0.1) is 0 Å². The zero-order valence-electron chi connectivity index (χ0n) is 15.1. The van der Waals surface area contributed by atoms with Gasteiger partial charge in [0.1, 0.15) is 11.3 Å². The topological polar surface area (TPSA) is 129 Å². The highest BCUT2D eigenvalue weighted by molar-refractivity contribution is 7.89. The SMILES string of the molecule is COc1ccc(S(N)(=O)=O)cc1C(=O)O[C@H](C)C(=O)c1c[nH]c2ccccc12. The second-order valence-corrected chi connectivity index (χ2v) is 7.63. The van der Waals surface area contributed by atoms with Gasteiger partial charge >= 0.3 is 5.97 Å². The summed E-state index contributed by atoms with van der Waals surface area (Å²) in [6.45, 7) is 1.44. The fourth-order valence-electron chi connectivity index (χ4n) is 2.80. The highest BCUT2D eigenvalue weighted by Crippen LogP contribution is 2.24. The lowest BCUT2D eigenvalue weighted by molar-refractivity contribution is 0.0316. The highest BCUT2D eigenvalue weighted by atomic mass is 32.2. The molecule has 0 spiro atoms. The van der Waals surface area contributed by atoms with Gasteiger partial charge in [-0.2, -0.15) is 0 Å². The predicted molar refractivity (Wildman–Crippen MR) is 102 cm³/mol. The summed E-state index contributed by atoms with van der Waals surface area (Å²) in [4.78, 5) is 28.0. The largest absolute Gasteiger partial charge is 0.496 e. The van der Waals surface area contributed by atoms with Crippen LogP contribution in [0.3, 0.4) is 0 Å². The van der Waals surface area contributed by atoms with E-state index in [-0.39, 0.29) is 16.2 Å². The van der Waals surface area contributed by atoms with Crippen LogP contribution in [0.25, 0.3) is 10.9 Å². The second-order valence-electron chi connectivity index (χ2n) is 6.07. The van der Waals surface area contributed by atoms with Crippen LogP contribution < -0.4 is 9.88 Å². The summed E-state index contributed by atoms with van der Waals surface area (Å²) in [7, 11) is -2.70. The number of nitrogens with two attached hydrogens (primary N) is 1. The molecule has 0 fully saturated rings. The van der Waals surface area contributed by atoms with Gasteiger partial charge in [0.2, 0.25) is 15.8 Å². The summed E-state index contributed by atoms with van der Waals surface area (Å²) in [6, 6.07) is 10.8. The summed E-state index contributed by atoms with van der Waals surface area (Å²) >= 11 is 0. The molecular formula is C19H18N2O6S. The number of aromatic nitrogens is 1. The van der Waals surface area contributed by atoms with Gasteiger partial charge in [-0.05, 0) is 31.2 Å². The van der Waals surface area contributed by atoms with E-state index in [0.29, 0.717) is 10.9 Å². The van der Waals surface area contributed by atoms with Crippen LogP contribution in [0, 0.1) is 0 Å². The fraction of sp³-hybridized carbons (Fsp3) is 0.158. The number of nitrogens with one attached hydrogen (secondary N) is 1. The van der Waals surface area contributed by atoms with Crippen molar-refractivity contribution in [1.29, 1.82) is 0 Å². The van der Waals surface area contributed by atoms with Crippen molar-refractivity contribution < 1.29 is 27.5 Å². The Bertz CT molecular complexity index is 1170. The lowest BCUT2D eigenvalue weighted by Gasteiger charge is -2.14. The zero-order valence-corrected chi connectivity index (χ0v) is 15.9. The van der Waals surface area contributed by atoms with Crippen LogP contribution in [0.4, 0.5) is 0 Å². The number of ketones is 1. The molecule has 0 aliphatic carbocycles. The number of methoxy groups -OCH3 is 1. The van der Waals surface area contributed by atoms with E-state index in [1.54, 1.807) is 18.3 Å². The van der Waals surface area contributed by atoms with Gasteiger partial charge < -0.3 is 14.5 Å². The van der Waals surface area contributed by atoms with E-state index < -0.39 is 27.9 Å². The van der Waals surface area contributed by atoms with E-state index in [4.69, 9.17) is 14.6 Å². The first-order valence-corrected chi connectivity index (χ1v) is 9.79. The lowest BCUT2D eigenvalue weighted by Crippen LogP contribution is -2.25. The number of esters is 1. The van der Waals surface area contributed by atoms with Crippen LogP contribution in [-0.2, 0) is 14.8 Å². The Hall–Kier alpha value is -3.17. The normalized spacial score (nSPS) is 12.5. The molecule has 28 heavy (non-hydrogen) atoms. The smallest absolute Gasteiger partial charge is 0.342 e. The molecular weight excluding hydrogens is 384 g/mol. The average molecular weight is 402 g/mol. The molecule has 3 N–H and O–H groups in total. The number of para-hydroxylation sites is 1. The first-order chi connectivity index (χ1) is 13.2. The van der Waals surface area contributed by atoms with Crippen molar-refractivity contribution in [1.82, 2.24) is 4.98 Å². The first kappa shape index (κ1) is 19.6. The summed E-state index contributed by atoms with van der Waals surface area (Å²) in [6.07, 6.45) is 0.453. The molecule has 0 saturated heterocycles. The molecule has 1 aromatic heterocycles. The predicted octanol–water partition coefficient (Wildman–Crippen LogP) is 2.25. The molecule has 8 nitrogen and oxygen atoms in total. The van der Waals surface area contributed by atoms with Crippen LogP contribution >= 0.6 is 0 Å². The van der Waals surface area contributed by atoms with Gasteiger partial charge in [0.15, 0.2) is 6.10 Å². The second kappa shape index (κ2) is 7.45. The van der Waals surface area contributed by atoms with Crippen molar-refractivity contribution in [2.75, 3.05) is 7.11 Å². The number of H-pyrrole nitrogens is 1. The molecule has 0 amide bonds. The van der Waals surface area contributed by atoms with E-state index in [0.717, 1.165) is 11.6 Å². The summed E-state index contributed by atoms with van der Waals surface area (Å²) < 4.78 is 33.4. The van der Waals surface area contributed by atoms with Crippen LogP contribution in [-0.4, -0.2) is 38.4 Å². The van der Waals surface area contributed by atoms with Crippen molar-refractivity contribution in [3.8, 4) is 5.75 Å². The van der Waals surface area contributed by atoms with Gasteiger partial charge in [-0.1, -0.05) is 18.2 Å². The third-order valence-electron chi connectivity index (χ3n) is 4.23. The maximum Gasteiger partial charge on any atom is 0.342 e. The number of ether oxygens (including phenoxy) is 2. The summed E-state index contributed by atoms with van der Waals surface area (Å²) in [5, 5.41) is 5.82. The first-order valence-electron chi connectivity index (χ1n) is 8.24. The highest BCUT2D eigenvalue weighted by Gasteiger charge is 2.25. The van der Waals surface area contributed by atoms with E-state index in [2.05, 4.69) is 4.98 Å². The molecule has 1 atom stereocenters. The maximum absolute atomic E-state index is 12.7. The maximum atomic E-state index is 12.7. The quantitative estimate of drug-likeness (QED) is 0.481. The number of aromatic amines is 1. The standard InChI is InChI=1S/C19H18N2O6S/c1-11(18(22)15-10-21-16-6-4-3-5-13(15)16)27-19(23)14-9-12(28(20,24)25)7-8-17(14)26-2/h3-11,21H,1-2H3,(H2,20,24,25)/t11-/m1/s1. The number of sulfonamides is 1. The van der Waals surface area contributed by atoms with E-state index >= 15 is 0 Å². The van der Waals surface area contributed by atoms with E-state index in [1.165, 1.54) is 26.2 Å². The minimum absolute atomic E-state index is 0.101. The molecule has 3 aromatic rings. The molecule has 146 valence electrons. The molecule has 0 aliphatic rings. The van der Waals surface area contributed by atoms with Gasteiger partial charge in [0.05, 0.1) is 12.0 Å². The van der Waals surface area contributed by atoms with Gasteiger partial charge in [0, 0.05) is 22.7 Å². The van der Waals surface area contributed by atoms with Crippen molar-refractivity contribution in [2.45, 2.75) is 17.9 Å². The number of hydrogen-bond donors (Lipinski definition) is 2. The molecule has 0 aliphatic heterocycles. The molecule has 3 rings (SSSR count). The number of rotatable bonds is 6. The molecule has 0 radical (unpaired) electrons. The number of carbonyl (C=O) groups is 2. The Morgan fingerprint density at radius 3 is 2.50 bits per heavy atom. The zero-order chi connectivity index (χ0) is 20.5. The monoisotopic (exact) mass is 402 g/mol. The van der Waals surface area contributed by atoms with Gasteiger partial charge in [0.25, 0.3) is 0 Å². The number of benzene rings is 2.